The Hall–Kier alpha value is -1.83. The van der Waals surface area contributed by atoms with Crippen molar-refractivity contribution in [3.05, 3.63) is 47.0 Å². The van der Waals surface area contributed by atoms with Gasteiger partial charge in [-0.25, -0.2) is 4.79 Å². The molecule has 0 unspecified atom stereocenters. The van der Waals surface area contributed by atoms with Crippen LogP contribution in [0.2, 0.25) is 0 Å². The van der Waals surface area contributed by atoms with Crippen LogP contribution in [0.4, 0.5) is 0 Å². The van der Waals surface area contributed by atoms with E-state index in [-0.39, 0.29) is 0 Å². The average Bonchev–Trinajstić information content (AvgIpc) is 2.21. The van der Waals surface area contributed by atoms with Crippen LogP contribution in [-0.4, -0.2) is 11.1 Å². The van der Waals surface area contributed by atoms with Gasteiger partial charge in [0.1, 0.15) is 0 Å². The molecule has 0 spiro atoms. The summed E-state index contributed by atoms with van der Waals surface area (Å²) in [5.41, 5.74) is 3.33. The molecule has 2 nitrogen and oxygen atoms in total. The molecule has 0 amide bonds. The van der Waals surface area contributed by atoms with E-state index in [0.717, 1.165) is 16.7 Å². The Morgan fingerprint density at radius 2 is 2.00 bits per heavy atom. The largest absolute Gasteiger partial charge is 0.478 e. The molecule has 0 heterocycles. The molecule has 15 heavy (non-hydrogen) atoms. The van der Waals surface area contributed by atoms with E-state index in [1.807, 2.05) is 25.1 Å². The van der Waals surface area contributed by atoms with Crippen LogP contribution in [0.3, 0.4) is 0 Å². The van der Waals surface area contributed by atoms with Gasteiger partial charge in [-0.1, -0.05) is 30.9 Å². The maximum Gasteiger partial charge on any atom is 0.331 e. The SMILES string of the molecule is C=Cc1cccc(/C=C(\C)C(=O)O)c1C. The normalized spacial score (nSPS) is 11.2. The number of benzene rings is 1. The Morgan fingerprint density at radius 1 is 1.40 bits per heavy atom. The van der Waals surface area contributed by atoms with Gasteiger partial charge in [-0.05, 0) is 36.6 Å². The Kier molecular flexibility index (Phi) is 3.45. The summed E-state index contributed by atoms with van der Waals surface area (Å²) in [6.45, 7) is 7.25. The van der Waals surface area contributed by atoms with Gasteiger partial charge in [0.05, 0.1) is 0 Å². The maximum atomic E-state index is 10.7. The highest BCUT2D eigenvalue weighted by Crippen LogP contribution is 2.17. The van der Waals surface area contributed by atoms with Gasteiger partial charge < -0.3 is 5.11 Å². The highest BCUT2D eigenvalue weighted by Gasteiger charge is 2.03. The minimum Gasteiger partial charge on any atom is -0.478 e. The van der Waals surface area contributed by atoms with Gasteiger partial charge in [0.15, 0.2) is 0 Å². The van der Waals surface area contributed by atoms with Gasteiger partial charge >= 0.3 is 5.97 Å². The molecule has 0 aliphatic carbocycles. The standard InChI is InChI=1S/C13H14O2/c1-4-11-6-5-7-12(10(11)3)8-9(2)13(14)15/h4-8H,1H2,2-3H3,(H,14,15)/b9-8+. The highest BCUT2D eigenvalue weighted by atomic mass is 16.4. The Bertz CT molecular complexity index is 428. The van der Waals surface area contributed by atoms with Gasteiger partial charge in [0.25, 0.3) is 0 Å². The van der Waals surface area contributed by atoms with Crippen LogP contribution < -0.4 is 0 Å². The molecule has 78 valence electrons. The zero-order valence-electron chi connectivity index (χ0n) is 8.95. The fourth-order valence-corrected chi connectivity index (χ4v) is 1.34. The Labute approximate surface area is 89.6 Å². The molecule has 1 rings (SSSR count). The third-order valence-electron chi connectivity index (χ3n) is 2.35. The van der Waals surface area contributed by atoms with Crippen LogP contribution in [0.25, 0.3) is 12.2 Å². The van der Waals surface area contributed by atoms with Crippen LogP contribution in [0.5, 0.6) is 0 Å². The molecule has 0 aliphatic rings. The average molecular weight is 202 g/mol. The van der Waals surface area contributed by atoms with Gasteiger partial charge in [0, 0.05) is 5.57 Å². The number of aliphatic carboxylic acids is 1. The molecule has 0 aliphatic heterocycles. The lowest BCUT2D eigenvalue weighted by molar-refractivity contribution is -0.132. The first-order valence-electron chi connectivity index (χ1n) is 4.70. The van der Waals surface area contributed by atoms with E-state index in [4.69, 9.17) is 5.11 Å². The summed E-state index contributed by atoms with van der Waals surface area (Å²) in [6.07, 6.45) is 3.44. The van der Waals surface area contributed by atoms with E-state index in [1.54, 1.807) is 19.1 Å². The van der Waals surface area contributed by atoms with E-state index in [0.29, 0.717) is 5.57 Å². The second kappa shape index (κ2) is 4.60. The van der Waals surface area contributed by atoms with Gasteiger partial charge in [-0.15, -0.1) is 0 Å². The first kappa shape index (κ1) is 11.2. The van der Waals surface area contributed by atoms with Crippen molar-refractivity contribution in [2.45, 2.75) is 13.8 Å². The lowest BCUT2D eigenvalue weighted by Crippen LogP contribution is -1.96. The lowest BCUT2D eigenvalue weighted by atomic mass is 10.0. The molecule has 0 bridgehead atoms. The van der Waals surface area contributed by atoms with Crippen LogP contribution in [0.15, 0.2) is 30.4 Å². The maximum absolute atomic E-state index is 10.7. The molecule has 0 aromatic heterocycles. The zero-order valence-corrected chi connectivity index (χ0v) is 8.95. The minimum atomic E-state index is -0.890. The number of hydrogen-bond donors (Lipinski definition) is 1. The number of rotatable bonds is 3. The first-order chi connectivity index (χ1) is 7.06. The third kappa shape index (κ3) is 2.56. The summed E-state index contributed by atoms with van der Waals surface area (Å²) in [5, 5.41) is 8.77. The monoisotopic (exact) mass is 202 g/mol. The van der Waals surface area contributed by atoms with Gasteiger partial charge in [-0.3, -0.25) is 0 Å². The van der Waals surface area contributed by atoms with E-state index >= 15 is 0 Å². The van der Waals surface area contributed by atoms with Gasteiger partial charge in [0.2, 0.25) is 0 Å². The van der Waals surface area contributed by atoms with Crippen molar-refractivity contribution in [3.8, 4) is 0 Å². The summed E-state index contributed by atoms with van der Waals surface area (Å²) in [5.74, 6) is -0.890. The number of carboxylic acid groups (broad SMARTS) is 1. The predicted molar refractivity (Wildman–Crippen MR) is 62.6 cm³/mol. The van der Waals surface area contributed by atoms with E-state index in [2.05, 4.69) is 6.58 Å². The molecule has 0 fully saturated rings. The zero-order chi connectivity index (χ0) is 11.4. The van der Waals surface area contributed by atoms with E-state index in [9.17, 15) is 4.79 Å². The molecule has 2 heteroatoms. The fraction of sp³-hybridized carbons (Fsp3) is 0.154. The molecule has 1 N–H and O–H groups in total. The molecule has 1 aromatic rings. The molecular weight excluding hydrogens is 188 g/mol. The molecule has 1 aromatic carbocycles. The number of carboxylic acids is 1. The van der Waals surface area contributed by atoms with Crippen molar-refractivity contribution in [1.82, 2.24) is 0 Å². The topological polar surface area (TPSA) is 37.3 Å². The summed E-state index contributed by atoms with van der Waals surface area (Å²) in [4.78, 5) is 10.7. The second-order valence-electron chi connectivity index (χ2n) is 3.40. The van der Waals surface area contributed by atoms with Crippen LogP contribution in [0.1, 0.15) is 23.6 Å². The van der Waals surface area contributed by atoms with Crippen LogP contribution >= 0.6 is 0 Å². The molecule has 0 atom stereocenters. The van der Waals surface area contributed by atoms with Crippen LogP contribution in [0, 0.1) is 6.92 Å². The third-order valence-corrected chi connectivity index (χ3v) is 2.35. The van der Waals surface area contributed by atoms with Crippen molar-refractivity contribution in [2.75, 3.05) is 0 Å². The summed E-state index contributed by atoms with van der Waals surface area (Å²) in [7, 11) is 0. The molecule has 0 radical (unpaired) electrons. The lowest BCUT2D eigenvalue weighted by Gasteiger charge is -2.05. The Balaban J connectivity index is 3.22. The fourth-order valence-electron chi connectivity index (χ4n) is 1.34. The van der Waals surface area contributed by atoms with Crippen molar-refractivity contribution < 1.29 is 9.90 Å². The predicted octanol–water partition coefficient (Wildman–Crippen LogP) is 3.13. The van der Waals surface area contributed by atoms with Crippen molar-refractivity contribution >= 4 is 18.1 Å². The van der Waals surface area contributed by atoms with Gasteiger partial charge in [-0.2, -0.15) is 0 Å². The quantitative estimate of drug-likeness (QED) is 0.764. The molecule has 0 saturated heterocycles. The summed E-state index contributed by atoms with van der Waals surface area (Å²) in [6, 6.07) is 5.75. The van der Waals surface area contributed by atoms with E-state index in [1.165, 1.54) is 0 Å². The number of carbonyl (C=O) groups is 1. The minimum absolute atomic E-state index is 0.333. The molecular formula is C13H14O2. The molecule has 0 saturated carbocycles. The number of hydrogen-bond acceptors (Lipinski definition) is 1. The highest BCUT2D eigenvalue weighted by molar-refractivity contribution is 5.91. The summed E-state index contributed by atoms with van der Waals surface area (Å²) >= 11 is 0. The van der Waals surface area contributed by atoms with Crippen molar-refractivity contribution in [3.63, 3.8) is 0 Å². The summed E-state index contributed by atoms with van der Waals surface area (Å²) < 4.78 is 0. The first-order valence-corrected chi connectivity index (χ1v) is 4.70. The Morgan fingerprint density at radius 3 is 2.53 bits per heavy atom. The second-order valence-corrected chi connectivity index (χ2v) is 3.40. The van der Waals surface area contributed by atoms with Crippen LogP contribution in [-0.2, 0) is 4.79 Å². The smallest absolute Gasteiger partial charge is 0.331 e. The van der Waals surface area contributed by atoms with Crippen molar-refractivity contribution in [1.29, 1.82) is 0 Å². The van der Waals surface area contributed by atoms with Crippen molar-refractivity contribution in [2.24, 2.45) is 0 Å². The van der Waals surface area contributed by atoms with E-state index < -0.39 is 5.97 Å².